The van der Waals surface area contributed by atoms with Crippen LogP contribution in [0.1, 0.15) is 48.5 Å². The first-order chi connectivity index (χ1) is 6.25. The molecular weight excluding hydrogens is 182 g/mol. The number of hydrogen-bond donors (Lipinski definition) is 0. The van der Waals surface area contributed by atoms with Gasteiger partial charge in [-0.05, 0) is 12.8 Å². The Labute approximate surface area is 83.0 Å². The van der Waals surface area contributed by atoms with Gasteiger partial charge in [-0.15, -0.1) is 11.3 Å². The summed E-state index contributed by atoms with van der Waals surface area (Å²) in [6, 6.07) is 0. The maximum Gasteiger partial charge on any atom is 0.171 e. The first-order valence-electron chi connectivity index (χ1n) is 4.69. The number of ketones is 1. The van der Waals surface area contributed by atoms with E-state index in [2.05, 4.69) is 11.9 Å². The number of rotatable bonds is 5. The van der Waals surface area contributed by atoms with Crippen molar-refractivity contribution >= 4 is 17.1 Å². The van der Waals surface area contributed by atoms with Gasteiger partial charge in [-0.25, -0.2) is 4.98 Å². The second-order valence-corrected chi connectivity index (χ2v) is 4.00. The average molecular weight is 197 g/mol. The van der Waals surface area contributed by atoms with E-state index >= 15 is 0 Å². The second kappa shape index (κ2) is 5.12. The minimum atomic E-state index is 0.147. The Balaban J connectivity index is 2.55. The SMILES string of the molecule is CCCCCc1ncsc1C(C)=O. The van der Waals surface area contributed by atoms with Crippen molar-refractivity contribution in [2.24, 2.45) is 0 Å². The van der Waals surface area contributed by atoms with Gasteiger partial charge >= 0.3 is 0 Å². The molecule has 1 aromatic rings. The first kappa shape index (κ1) is 10.4. The minimum absolute atomic E-state index is 0.147. The molecule has 0 saturated heterocycles. The van der Waals surface area contributed by atoms with E-state index in [4.69, 9.17) is 0 Å². The van der Waals surface area contributed by atoms with Gasteiger partial charge in [0.05, 0.1) is 16.1 Å². The van der Waals surface area contributed by atoms with E-state index in [0.717, 1.165) is 23.4 Å². The van der Waals surface area contributed by atoms with Crippen molar-refractivity contribution in [3.8, 4) is 0 Å². The summed E-state index contributed by atoms with van der Waals surface area (Å²) in [7, 11) is 0. The molecule has 0 bridgehead atoms. The zero-order valence-electron chi connectivity index (χ0n) is 8.17. The van der Waals surface area contributed by atoms with Crippen molar-refractivity contribution in [1.29, 1.82) is 0 Å². The first-order valence-corrected chi connectivity index (χ1v) is 5.57. The topological polar surface area (TPSA) is 30.0 Å². The summed E-state index contributed by atoms with van der Waals surface area (Å²) in [4.78, 5) is 16.2. The Bertz CT molecular complexity index is 280. The second-order valence-electron chi connectivity index (χ2n) is 3.14. The predicted molar refractivity (Wildman–Crippen MR) is 55.3 cm³/mol. The van der Waals surface area contributed by atoms with Crippen molar-refractivity contribution in [2.75, 3.05) is 0 Å². The van der Waals surface area contributed by atoms with Crippen LogP contribution in [0.2, 0.25) is 0 Å². The van der Waals surface area contributed by atoms with Crippen LogP contribution in [-0.4, -0.2) is 10.8 Å². The molecule has 0 fully saturated rings. The summed E-state index contributed by atoms with van der Waals surface area (Å²) >= 11 is 1.46. The van der Waals surface area contributed by atoms with Crippen molar-refractivity contribution < 1.29 is 4.79 Å². The molecule has 3 heteroatoms. The highest BCUT2D eigenvalue weighted by Crippen LogP contribution is 2.16. The molecule has 0 atom stereocenters. The largest absolute Gasteiger partial charge is 0.294 e. The van der Waals surface area contributed by atoms with Gasteiger partial charge in [0.1, 0.15) is 0 Å². The molecule has 2 nitrogen and oxygen atoms in total. The summed E-state index contributed by atoms with van der Waals surface area (Å²) in [5, 5.41) is 0. The number of aromatic nitrogens is 1. The third-order valence-corrected chi connectivity index (χ3v) is 2.95. The zero-order chi connectivity index (χ0) is 9.68. The van der Waals surface area contributed by atoms with E-state index in [1.54, 1.807) is 12.4 Å². The zero-order valence-corrected chi connectivity index (χ0v) is 8.99. The standard InChI is InChI=1S/C10H15NOS/c1-3-4-5-6-9-10(8(2)12)13-7-11-9/h7H,3-6H2,1-2H3. The maximum atomic E-state index is 11.1. The molecule has 0 amide bonds. The Morgan fingerprint density at radius 1 is 1.54 bits per heavy atom. The fraction of sp³-hybridized carbons (Fsp3) is 0.600. The number of carbonyl (C=O) groups excluding carboxylic acids is 1. The number of nitrogens with zero attached hydrogens (tertiary/aromatic N) is 1. The summed E-state index contributed by atoms with van der Waals surface area (Å²) < 4.78 is 0. The molecule has 0 aliphatic heterocycles. The van der Waals surface area contributed by atoms with E-state index in [9.17, 15) is 4.79 Å². The molecule has 0 radical (unpaired) electrons. The lowest BCUT2D eigenvalue weighted by atomic mass is 10.1. The molecule has 0 aromatic carbocycles. The fourth-order valence-corrected chi connectivity index (χ4v) is 2.02. The third-order valence-electron chi connectivity index (χ3n) is 1.98. The highest BCUT2D eigenvalue weighted by atomic mass is 32.1. The molecule has 0 aliphatic rings. The molecule has 1 aromatic heterocycles. The van der Waals surface area contributed by atoms with Crippen LogP contribution in [0.25, 0.3) is 0 Å². The third kappa shape index (κ3) is 2.92. The van der Waals surface area contributed by atoms with Crippen LogP contribution in [0.15, 0.2) is 5.51 Å². The van der Waals surface area contributed by atoms with Crippen LogP contribution in [0, 0.1) is 0 Å². The monoisotopic (exact) mass is 197 g/mol. The van der Waals surface area contributed by atoms with Gasteiger partial charge in [-0.1, -0.05) is 19.8 Å². The Morgan fingerprint density at radius 3 is 2.92 bits per heavy atom. The minimum Gasteiger partial charge on any atom is -0.294 e. The molecule has 13 heavy (non-hydrogen) atoms. The van der Waals surface area contributed by atoms with Crippen LogP contribution in [0.3, 0.4) is 0 Å². The van der Waals surface area contributed by atoms with E-state index in [-0.39, 0.29) is 5.78 Å². The Hall–Kier alpha value is -0.700. The highest BCUT2D eigenvalue weighted by molar-refractivity contribution is 7.11. The molecule has 1 heterocycles. The van der Waals surface area contributed by atoms with Crippen molar-refractivity contribution in [3.63, 3.8) is 0 Å². The quantitative estimate of drug-likeness (QED) is 0.536. The normalized spacial score (nSPS) is 10.3. The summed E-state index contributed by atoms with van der Waals surface area (Å²) in [6.07, 6.45) is 4.52. The number of carbonyl (C=O) groups is 1. The van der Waals surface area contributed by atoms with Crippen LogP contribution in [0.4, 0.5) is 0 Å². The van der Waals surface area contributed by atoms with E-state index in [1.807, 2.05) is 0 Å². The number of thiazole rings is 1. The van der Waals surface area contributed by atoms with Gasteiger partial charge in [0, 0.05) is 6.92 Å². The van der Waals surface area contributed by atoms with Gasteiger partial charge in [-0.3, -0.25) is 4.79 Å². The van der Waals surface area contributed by atoms with Crippen molar-refractivity contribution in [1.82, 2.24) is 4.98 Å². The molecule has 0 saturated carbocycles. The Kier molecular flexibility index (Phi) is 4.09. The molecule has 72 valence electrons. The van der Waals surface area contributed by atoms with Crippen LogP contribution in [-0.2, 0) is 6.42 Å². The maximum absolute atomic E-state index is 11.1. The molecule has 1 rings (SSSR count). The molecule has 0 unspecified atom stereocenters. The summed E-state index contributed by atoms with van der Waals surface area (Å²) in [5.41, 5.74) is 2.75. The van der Waals surface area contributed by atoms with Crippen LogP contribution >= 0.6 is 11.3 Å². The van der Waals surface area contributed by atoms with Crippen LogP contribution in [0.5, 0.6) is 0 Å². The highest BCUT2D eigenvalue weighted by Gasteiger charge is 2.09. The molecule has 0 aliphatic carbocycles. The van der Waals surface area contributed by atoms with Gasteiger partial charge in [0.15, 0.2) is 5.78 Å². The Morgan fingerprint density at radius 2 is 2.31 bits per heavy atom. The number of Topliss-reactive ketones (excluding diaryl/α,β-unsaturated/α-hetero) is 1. The average Bonchev–Trinajstić information content (AvgIpc) is 2.53. The van der Waals surface area contributed by atoms with Gasteiger partial charge in [-0.2, -0.15) is 0 Å². The smallest absolute Gasteiger partial charge is 0.171 e. The number of hydrogen-bond acceptors (Lipinski definition) is 3. The van der Waals surface area contributed by atoms with E-state index in [1.165, 1.54) is 24.2 Å². The molecule has 0 N–H and O–H groups in total. The van der Waals surface area contributed by atoms with Gasteiger partial charge < -0.3 is 0 Å². The van der Waals surface area contributed by atoms with Gasteiger partial charge in [0.2, 0.25) is 0 Å². The molecule has 0 spiro atoms. The summed E-state index contributed by atoms with van der Waals surface area (Å²) in [5.74, 6) is 0.147. The van der Waals surface area contributed by atoms with Crippen molar-refractivity contribution in [3.05, 3.63) is 16.1 Å². The fourth-order valence-electron chi connectivity index (χ4n) is 1.28. The predicted octanol–water partition coefficient (Wildman–Crippen LogP) is 3.08. The van der Waals surface area contributed by atoms with E-state index in [0.29, 0.717) is 0 Å². The number of aryl methyl sites for hydroxylation is 1. The van der Waals surface area contributed by atoms with Crippen LogP contribution < -0.4 is 0 Å². The summed E-state index contributed by atoms with van der Waals surface area (Å²) in [6.45, 7) is 3.78. The van der Waals surface area contributed by atoms with Crippen molar-refractivity contribution in [2.45, 2.75) is 39.5 Å². The molecular formula is C10H15NOS. The lowest BCUT2D eigenvalue weighted by Crippen LogP contribution is -1.96. The number of unbranched alkanes of at least 4 members (excludes halogenated alkanes) is 2. The lowest BCUT2D eigenvalue weighted by Gasteiger charge is -1.97. The lowest BCUT2D eigenvalue weighted by molar-refractivity contribution is 0.102. The van der Waals surface area contributed by atoms with E-state index < -0.39 is 0 Å². The van der Waals surface area contributed by atoms with Gasteiger partial charge in [0.25, 0.3) is 0 Å².